The molecule has 20 heavy (non-hydrogen) atoms. The Morgan fingerprint density at radius 1 is 1.15 bits per heavy atom. The topological polar surface area (TPSA) is 35.2 Å². The average molecular weight is 267 g/mol. The Labute approximate surface area is 120 Å². The molecule has 2 aromatic carbocycles. The van der Waals surface area contributed by atoms with Crippen LogP contribution in [0.3, 0.4) is 0 Å². The van der Waals surface area contributed by atoms with Crippen LogP contribution in [0.15, 0.2) is 66.7 Å². The van der Waals surface area contributed by atoms with Gasteiger partial charge in [-0.3, -0.25) is 0 Å². The molecule has 2 nitrogen and oxygen atoms in total. The summed E-state index contributed by atoms with van der Waals surface area (Å²) in [4.78, 5) is 0. The summed E-state index contributed by atoms with van der Waals surface area (Å²) in [5.74, 6) is 0.850. The van der Waals surface area contributed by atoms with E-state index < -0.39 is 0 Å². The first kappa shape index (κ1) is 14.4. The molecule has 0 amide bonds. The van der Waals surface area contributed by atoms with E-state index in [9.17, 15) is 0 Å². The minimum Gasteiger partial charge on any atom is -0.489 e. The normalized spacial score (nSPS) is 11.9. The third-order valence-electron chi connectivity index (χ3n) is 3.10. The highest BCUT2D eigenvalue weighted by molar-refractivity contribution is 5.31. The summed E-state index contributed by atoms with van der Waals surface area (Å²) in [7, 11) is 0. The number of hydrogen-bond acceptors (Lipinski definition) is 2. The van der Waals surface area contributed by atoms with Crippen molar-refractivity contribution in [1.29, 1.82) is 0 Å². The molecule has 0 bridgehead atoms. The van der Waals surface area contributed by atoms with Crippen molar-refractivity contribution in [2.45, 2.75) is 26.0 Å². The van der Waals surface area contributed by atoms with Gasteiger partial charge in [-0.25, -0.2) is 0 Å². The van der Waals surface area contributed by atoms with Crippen LogP contribution >= 0.6 is 0 Å². The summed E-state index contributed by atoms with van der Waals surface area (Å²) in [5, 5.41) is 0. The Morgan fingerprint density at radius 2 is 1.90 bits per heavy atom. The standard InChI is InChI=1S/C18H21NO/c1-14(2)11-18(19)16-9-6-10-17(12-16)20-13-15-7-4-3-5-8-15/h3-10,12,18H,1,11,13,19H2,2H3. The molecule has 1 unspecified atom stereocenters. The van der Waals surface area contributed by atoms with Crippen LogP contribution in [0.4, 0.5) is 0 Å². The van der Waals surface area contributed by atoms with Crippen molar-refractivity contribution in [3.05, 3.63) is 77.9 Å². The second kappa shape index (κ2) is 6.92. The van der Waals surface area contributed by atoms with Crippen LogP contribution in [-0.4, -0.2) is 0 Å². The third kappa shape index (κ3) is 4.25. The third-order valence-corrected chi connectivity index (χ3v) is 3.10. The van der Waals surface area contributed by atoms with Crippen LogP contribution in [0, 0.1) is 0 Å². The maximum Gasteiger partial charge on any atom is 0.120 e. The lowest BCUT2D eigenvalue weighted by atomic mass is 10.0. The van der Waals surface area contributed by atoms with Crippen molar-refractivity contribution in [2.75, 3.05) is 0 Å². The van der Waals surface area contributed by atoms with Crippen molar-refractivity contribution < 1.29 is 4.74 Å². The molecule has 0 fully saturated rings. The smallest absolute Gasteiger partial charge is 0.120 e. The molecular formula is C18H21NO. The fraction of sp³-hybridized carbons (Fsp3) is 0.222. The molecule has 1 atom stereocenters. The molecule has 0 aliphatic rings. The van der Waals surface area contributed by atoms with E-state index in [0.29, 0.717) is 6.61 Å². The molecule has 104 valence electrons. The highest BCUT2D eigenvalue weighted by Crippen LogP contribution is 2.22. The first-order chi connectivity index (χ1) is 9.65. The highest BCUT2D eigenvalue weighted by Gasteiger charge is 2.07. The van der Waals surface area contributed by atoms with E-state index in [0.717, 1.165) is 28.9 Å². The van der Waals surface area contributed by atoms with Gasteiger partial charge in [-0.2, -0.15) is 0 Å². The molecular weight excluding hydrogens is 246 g/mol. The zero-order valence-corrected chi connectivity index (χ0v) is 11.9. The van der Waals surface area contributed by atoms with E-state index in [2.05, 4.69) is 18.7 Å². The summed E-state index contributed by atoms with van der Waals surface area (Å²) in [6.45, 7) is 6.47. The van der Waals surface area contributed by atoms with Crippen LogP contribution < -0.4 is 10.5 Å². The van der Waals surface area contributed by atoms with Gasteiger partial charge in [0.25, 0.3) is 0 Å². The van der Waals surface area contributed by atoms with Gasteiger partial charge in [0.2, 0.25) is 0 Å². The molecule has 2 aromatic rings. The molecule has 2 heteroatoms. The fourth-order valence-corrected chi connectivity index (χ4v) is 2.07. The van der Waals surface area contributed by atoms with Crippen LogP contribution in [0.2, 0.25) is 0 Å². The summed E-state index contributed by atoms with van der Waals surface area (Å²) in [5.41, 5.74) is 9.49. The second-order valence-electron chi connectivity index (χ2n) is 5.11. The Morgan fingerprint density at radius 3 is 2.60 bits per heavy atom. The first-order valence-electron chi connectivity index (χ1n) is 6.82. The number of ether oxygens (including phenoxy) is 1. The molecule has 0 spiro atoms. The van der Waals surface area contributed by atoms with Crippen molar-refractivity contribution in [1.82, 2.24) is 0 Å². The van der Waals surface area contributed by atoms with Crippen molar-refractivity contribution >= 4 is 0 Å². The van der Waals surface area contributed by atoms with Crippen LogP contribution in [0.25, 0.3) is 0 Å². The molecule has 0 saturated heterocycles. The van der Waals surface area contributed by atoms with E-state index in [-0.39, 0.29) is 6.04 Å². The molecule has 0 aliphatic heterocycles. The van der Waals surface area contributed by atoms with Gasteiger partial charge in [0.1, 0.15) is 12.4 Å². The van der Waals surface area contributed by atoms with Crippen molar-refractivity contribution in [3.8, 4) is 5.75 Å². The monoisotopic (exact) mass is 267 g/mol. The summed E-state index contributed by atoms with van der Waals surface area (Å²) in [6.07, 6.45) is 0.794. The molecule has 0 saturated carbocycles. The largest absolute Gasteiger partial charge is 0.489 e. The van der Waals surface area contributed by atoms with Crippen molar-refractivity contribution in [2.24, 2.45) is 5.73 Å². The van der Waals surface area contributed by atoms with E-state index >= 15 is 0 Å². The fourth-order valence-electron chi connectivity index (χ4n) is 2.07. The van der Waals surface area contributed by atoms with Gasteiger partial charge in [-0.05, 0) is 36.6 Å². The lowest BCUT2D eigenvalue weighted by Crippen LogP contribution is -2.10. The lowest BCUT2D eigenvalue weighted by molar-refractivity contribution is 0.305. The number of benzene rings is 2. The maximum atomic E-state index is 6.16. The maximum absolute atomic E-state index is 6.16. The zero-order valence-electron chi connectivity index (χ0n) is 11.9. The van der Waals surface area contributed by atoms with Crippen LogP contribution in [0.1, 0.15) is 30.5 Å². The molecule has 2 rings (SSSR count). The van der Waals surface area contributed by atoms with Gasteiger partial charge >= 0.3 is 0 Å². The summed E-state index contributed by atoms with van der Waals surface area (Å²) in [6, 6.07) is 18.1. The molecule has 0 radical (unpaired) electrons. The van der Waals surface area contributed by atoms with Gasteiger partial charge < -0.3 is 10.5 Å². The van der Waals surface area contributed by atoms with E-state index in [4.69, 9.17) is 10.5 Å². The Bertz CT molecular complexity index is 563. The minimum atomic E-state index is -0.0206. The quantitative estimate of drug-likeness (QED) is 0.795. The molecule has 0 heterocycles. The van der Waals surface area contributed by atoms with Gasteiger partial charge in [-0.15, -0.1) is 6.58 Å². The van der Waals surface area contributed by atoms with Crippen LogP contribution in [-0.2, 0) is 6.61 Å². The number of nitrogens with two attached hydrogens (primary N) is 1. The lowest BCUT2D eigenvalue weighted by Gasteiger charge is -2.14. The van der Waals surface area contributed by atoms with Crippen molar-refractivity contribution in [3.63, 3.8) is 0 Å². The van der Waals surface area contributed by atoms with E-state index in [1.54, 1.807) is 0 Å². The van der Waals surface area contributed by atoms with Gasteiger partial charge in [0, 0.05) is 6.04 Å². The predicted molar refractivity (Wildman–Crippen MR) is 83.6 cm³/mol. The van der Waals surface area contributed by atoms with Gasteiger partial charge in [0.15, 0.2) is 0 Å². The molecule has 0 aromatic heterocycles. The molecule has 0 aliphatic carbocycles. The zero-order chi connectivity index (χ0) is 14.4. The average Bonchev–Trinajstić information content (AvgIpc) is 2.46. The van der Waals surface area contributed by atoms with Gasteiger partial charge in [-0.1, -0.05) is 48.0 Å². The Balaban J connectivity index is 2.01. The molecule has 2 N–H and O–H groups in total. The summed E-state index contributed by atoms with van der Waals surface area (Å²) < 4.78 is 5.81. The van der Waals surface area contributed by atoms with E-state index in [1.165, 1.54) is 0 Å². The van der Waals surface area contributed by atoms with Gasteiger partial charge in [0.05, 0.1) is 0 Å². The first-order valence-corrected chi connectivity index (χ1v) is 6.82. The number of rotatable bonds is 6. The van der Waals surface area contributed by atoms with E-state index in [1.807, 2.05) is 49.4 Å². The second-order valence-corrected chi connectivity index (χ2v) is 5.11. The number of hydrogen-bond donors (Lipinski definition) is 1. The Hall–Kier alpha value is -2.06. The Kier molecular flexibility index (Phi) is 4.97. The minimum absolute atomic E-state index is 0.0206. The highest BCUT2D eigenvalue weighted by atomic mass is 16.5. The predicted octanol–water partition coefficient (Wildman–Crippen LogP) is 4.23. The summed E-state index contributed by atoms with van der Waals surface area (Å²) >= 11 is 0. The SMILES string of the molecule is C=C(C)CC(N)c1cccc(OCc2ccccc2)c1. The van der Waals surface area contributed by atoms with Crippen LogP contribution in [0.5, 0.6) is 5.75 Å².